The average molecular weight is 869 g/mol. The van der Waals surface area contributed by atoms with E-state index in [1.54, 1.807) is 0 Å². The van der Waals surface area contributed by atoms with Gasteiger partial charge in [0.05, 0.1) is 16.7 Å². The van der Waals surface area contributed by atoms with Crippen LogP contribution >= 0.6 is 0 Å². The molecule has 0 aliphatic carbocycles. The zero-order chi connectivity index (χ0) is 44.7. The van der Waals surface area contributed by atoms with Crippen molar-refractivity contribution in [3.63, 3.8) is 0 Å². The highest BCUT2D eigenvalue weighted by atomic mass is 16.3. The van der Waals surface area contributed by atoms with Gasteiger partial charge in [-0.05, 0) is 85.6 Å². The molecular formula is C63H40N4O. The van der Waals surface area contributed by atoms with E-state index >= 15 is 0 Å². The van der Waals surface area contributed by atoms with Crippen molar-refractivity contribution in [1.29, 1.82) is 0 Å². The van der Waals surface area contributed by atoms with Crippen molar-refractivity contribution in [2.24, 2.45) is 9.98 Å². The van der Waals surface area contributed by atoms with Gasteiger partial charge in [-0.15, -0.1) is 0 Å². The monoisotopic (exact) mass is 868 g/mol. The summed E-state index contributed by atoms with van der Waals surface area (Å²) < 4.78 is 8.84. The van der Waals surface area contributed by atoms with Crippen molar-refractivity contribution in [2.75, 3.05) is 0 Å². The summed E-state index contributed by atoms with van der Waals surface area (Å²) >= 11 is 0. The second-order valence-corrected chi connectivity index (χ2v) is 17.7. The summed E-state index contributed by atoms with van der Waals surface area (Å²) in [6.07, 6.45) is -0.407. The first kappa shape index (κ1) is 38.2. The lowest BCUT2D eigenvalue weighted by atomic mass is 9.97. The van der Waals surface area contributed by atoms with Crippen molar-refractivity contribution >= 4 is 87.7 Å². The topological polar surface area (TPSA) is 54.8 Å². The van der Waals surface area contributed by atoms with Gasteiger partial charge in [0.15, 0.2) is 5.84 Å². The summed E-state index contributed by atoms with van der Waals surface area (Å²) in [5.41, 5.74) is 12.8. The number of furan rings is 1. The maximum absolute atomic E-state index is 6.37. The summed E-state index contributed by atoms with van der Waals surface area (Å²) in [7, 11) is 0. The van der Waals surface area contributed by atoms with Gasteiger partial charge in [0.25, 0.3) is 0 Å². The van der Waals surface area contributed by atoms with E-state index in [1.165, 1.54) is 37.9 Å². The molecule has 0 radical (unpaired) electrons. The summed E-state index contributed by atoms with van der Waals surface area (Å²) in [6, 6.07) is 82.4. The Morgan fingerprint density at radius 1 is 0.397 bits per heavy atom. The highest BCUT2D eigenvalue weighted by molar-refractivity contribution is 6.23. The van der Waals surface area contributed by atoms with Gasteiger partial charge in [-0.2, -0.15) is 0 Å². The Hall–Kier alpha value is -9.06. The standard InChI is InChI=1S/C63H40N4O/c1-2-15-42(16-3-1)61-64-62(43-28-25-40(26-29-43)45-30-27-39-13-4-5-17-44(39)37-45)66-63(65-61)51-34-36-54(50-20-9-8-19-49(50)51)67-55-35-32-41-14-6-7-18-47(41)59(55)52-33-31-46(38-56(52)67)48-22-12-24-58-60(48)53-21-10-11-23-57(53)68-58/h1-38,63H,(H,64,65,66). The van der Waals surface area contributed by atoms with E-state index in [0.29, 0.717) is 5.84 Å². The molecule has 0 bridgehead atoms. The SMILES string of the molecule is c1ccc(C2=NC(c3ccc(-n4c5cc(-c6cccc7oc8ccccc8c67)ccc5c5c6ccccc6ccc54)c4ccccc34)NC(c3ccc(-c4ccc5ccccc5c4)cc3)=N2)cc1. The second-order valence-electron chi connectivity index (χ2n) is 17.7. The van der Waals surface area contributed by atoms with Gasteiger partial charge in [0.1, 0.15) is 23.2 Å². The van der Waals surface area contributed by atoms with Gasteiger partial charge in [-0.25, -0.2) is 9.98 Å². The molecule has 3 heterocycles. The number of rotatable bonds is 6. The van der Waals surface area contributed by atoms with Gasteiger partial charge in [0, 0.05) is 43.6 Å². The predicted octanol–water partition coefficient (Wildman–Crippen LogP) is 16.0. The molecule has 13 aromatic rings. The van der Waals surface area contributed by atoms with E-state index in [9.17, 15) is 0 Å². The van der Waals surface area contributed by atoms with Gasteiger partial charge >= 0.3 is 0 Å². The Morgan fingerprint density at radius 2 is 1.07 bits per heavy atom. The fourth-order valence-corrected chi connectivity index (χ4v) is 10.6. The molecule has 68 heavy (non-hydrogen) atoms. The number of aliphatic imine (C=N–C) groups is 2. The predicted molar refractivity (Wildman–Crippen MR) is 283 cm³/mol. The summed E-state index contributed by atoms with van der Waals surface area (Å²) in [6.45, 7) is 0. The summed E-state index contributed by atoms with van der Waals surface area (Å²) in [5, 5.41) is 15.6. The highest BCUT2D eigenvalue weighted by Crippen LogP contribution is 2.43. The van der Waals surface area contributed by atoms with E-state index in [0.717, 1.165) is 88.6 Å². The fraction of sp³-hybridized carbons (Fsp3) is 0.0159. The first-order chi connectivity index (χ1) is 33.7. The molecule has 5 heteroatoms. The lowest BCUT2D eigenvalue weighted by Gasteiger charge is -2.25. The largest absolute Gasteiger partial charge is 0.456 e. The van der Waals surface area contributed by atoms with E-state index in [4.69, 9.17) is 14.4 Å². The molecule has 0 fully saturated rings. The third kappa shape index (κ3) is 6.10. The number of hydrogen-bond acceptors (Lipinski definition) is 4. The van der Waals surface area contributed by atoms with Crippen LogP contribution in [0, 0.1) is 0 Å². The lowest BCUT2D eigenvalue weighted by Crippen LogP contribution is -2.33. The molecule has 318 valence electrons. The zero-order valence-electron chi connectivity index (χ0n) is 36.8. The van der Waals surface area contributed by atoms with Crippen LogP contribution < -0.4 is 5.32 Å². The van der Waals surface area contributed by atoms with Crippen LogP contribution in [0.4, 0.5) is 0 Å². The van der Waals surface area contributed by atoms with Gasteiger partial charge in [-0.1, -0.05) is 194 Å². The average Bonchev–Trinajstić information content (AvgIpc) is 3.96. The fourth-order valence-electron chi connectivity index (χ4n) is 10.6. The summed E-state index contributed by atoms with van der Waals surface area (Å²) in [5.74, 6) is 1.47. The zero-order valence-corrected chi connectivity index (χ0v) is 36.8. The number of benzene rings is 11. The first-order valence-corrected chi connectivity index (χ1v) is 23.2. The van der Waals surface area contributed by atoms with Crippen LogP contribution in [0.1, 0.15) is 22.9 Å². The number of nitrogens with one attached hydrogen (secondary N) is 1. The van der Waals surface area contributed by atoms with Crippen molar-refractivity contribution < 1.29 is 4.42 Å². The van der Waals surface area contributed by atoms with Gasteiger partial charge in [0.2, 0.25) is 0 Å². The second kappa shape index (κ2) is 15.3. The molecule has 0 amide bonds. The molecule has 11 aromatic carbocycles. The molecule has 14 rings (SSSR count). The van der Waals surface area contributed by atoms with Crippen LogP contribution in [0.2, 0.25) is 0 Å². The lowest BCUT2D eigenvalue weighted by molar-refractivity contribution is 0.669. The van der Waals surface area contributed by atoms with Crippen LogP contribution in [-0.2, 0) is 0 Å². The van der Waals surface area contributed by atoms with E-state index in [-0.39, 0.29) is 0 Å². The van der Waals surface area contributed by atoms with Crippen molar-refractivity contribution in [3.05, 3.63) is 247 Å². The Balaban J connectivity index is 0.926. The third-order valence-corrected chi connectivity index (χ3v) is 13.9. The molecule has 0 saturated heterocycles. The van der Waals surface area contributed by atoms with Gasteiger partial charge in [-0.3, -0.25) is 0 Å². The molecule has 2 aromatic heterocycles. The van der Waals surface area contributed by atoms with Crippen LogP contribution in [0.25, 0.3) is 104 Å². The van der Waals surface area contributed by atoms with Crippen molar-refractivity contribution in [2.45, 2.75) is 6.17 Å². The number of fused-ring (bicyclic) bond motifs is 10. The summed E-state index contributed by atoms with van der Waals surface area (Å²) in [4.78, 5) is 10.5. The van der Waals surface area contributed by atoms with Gasteiger partial charge < -0.3 is 14.3 Å². The quantitative estimate of drug-likeness (QED) is 0.181. The maximum Gasteiger partial charge on any atom is 0.159 e. The van der Waals surface area contributed by atoms with E-state index < -0.39 is 6.17 Å². The number of nitrogens with zero attached hydrogens (tertiary/aromatic N) is 3. The normalized spacial score (nSPS) is 14.0. The molecule has 0 saturated carbocycles. The van der Waals surface area contributed by atoms with E-state index in [2.05, 4.69) is 216 Å². The minimum atomic E-state index is -0.407. The molecule has 1 aliphatic heterocycles. The molecular weight excluding hydrogens is 829 g/mol. The Morgan fingerprint density at radius 3 is 1.94 bits per heavy atom. The molecule has 1 N–H and O–H groups in total. The Bertz CT molecular complexity index is 4230. The molecule has 1 unspecified atom stereocenters. The Labute approximate surface area is 391 Å². The molecule has 1 atom stereocenters. The molecule has 5 nitrogen and oxygen atoms in total. The Kier molecular flexibility index (Phi) is 8.58. The van der Waals surface area contributed by atoms with Crippen molar-refractivity contribution in [1.82, 2.24) is 9.88 Å². The maximum atomic E-state index is 6.37. The van der Waals surface area contributed by atoms with E-state index in [1.807, 2.05) is 24.3 Å². The number of para-hydroxylation sites is 1. The van der Waals surface area contributed by atoms with Crippen LogP contribution in [0.5, 0.6) is 0 Å². The minimum Gasteiger partial charge on any atom is -0.456 e. The smallest absolute Gasteiger partial charge is 0.159 e. The number of amidine groups is 2. The number of aromatic nitrogens is 1. The van der Waals surface area contributed by atoms with Crippen molar-refractivity contribution in [3.8, 4) is 27.9 Å². The number of hydrogen-bond donors (Lipinski definition) is 1. The van der Waals surface area contributed by atoms with Crippen LogP contribution in [-0.4, -0.2) is 16.2 Å². The first-order valence-electron chi connectivity index (χ1n) is 23.2. The highest BCUT2D eigenvalue weighted by Gasteiger charge is 2.25. The van der Waals surface area contributed by atoms with Crippen LogP contribution in [0.15, 0.2) is 245 Å². The third-order valence-electron chi connectivity index (χ3n) is 13.9. The minimum absolute atomic E-state index is 0.407. The molecule has 0 spiro atoms. The molecule has 1 aliphatic rings. The van der Waals surface area contributed by atoms with Crippen LogP contribution in [0.3, 0.4) is 0 Å².